The molecule has 3 heteroatoms. The van der Waals surface area contributed by atoms with E-state index in [9.17, 15) is 0 Å². The van der Waals surface area contributed by atoms with Crippen LogP contribution in [0.3, 0.4) is 0 Å². The average molecular weight is 818 g/mol. The summed E-state index contributed by atoms with van der Waals surface area (Å²) in [4.78, 5) is 2.33. The first-order valence-electron chi connectivity index (χ1n) is 21.8. The molecule has 0 aliphatic heterocycles. The molecule has 64 heavy (non-hydrogen) atoms. The first kappa shape index (κ1) is 38.4. The van der Waals surface area contributed by atoms with E-state index in [1.54, 1.807) is 0 Å². The Hall–Kier alpha value is -8.53. The molecule has 3 nitrogen and oxygen atoms in total. The van der Waals surface area contributed by atoms with Crippen molar-refractivity contribution >= 4 is 27.8 Å². The largest absolute Gasteiger partial charge is 0.311 e. The molecule has 0 saturated heterocycles. The number of hydrogen-bond donors (Lipinski definition) is 0. The molecule has 0 aliphatic carbocycles. The van der Waals surface area contributed by atoms with Crippen LogP contribution in [0.15, 0.2) is 261 Å². The molecule has 302 valence electrons. The molecule has 0 amide bonds. The Morgan fingerprint density at radius 3 is 1.31 bits per heavy atom. The molecule has 0 aliphatic rings. The summed E-state index contributed by atoms with van der Waals surface area (Å²) in [6, 6.07) is 93.0. The number of benzene rings is 10. The summed E-state index contributed by atoms with van der Waals surface area (Å²) in [6.07, 6.45) is 0. The Bertz CT molecular complexity index is 3330. The number of para-hydroxylation sites is 1. The highest BCUT2D eigenvalue weighted by atomic mass is 15.3. The van der Waals surface area contributed by atoms with Gasteiger partial charge in [0.2, 0.25) is 0 Å². The van der Waals surface area contributed by atoms with Crippen LogP contribution in [0, 0.1) is 0 Å². The number of fused-ring (bicyclic) bond motifs is 1. The lowest BCUT2D eigenvalue weighted by atomic mass is 9.89. The van der Waals surface area contributed by atoms with Crippen molar-refractivity contribution in [1.29, 1.82) is 0 Å². The third kappa shape index (κ3) is 7.46. The van der Waals surface area contributed by atoms with E-state index in [1.165, 1.54) is 44.2 Å². The first-order valence-corrected chi connectivity index (χ1v) is 21.8. The lowest BCUT2D eigenvalue weighted by Gasteiger charge is -2.26. The minimum atomic E-state index is 0.942. The summed E-state index contributed by atoms with van der Waals surface area (Å²) in [6.45, 7) is 0. The quantitative estimate of drug-likeness (QED) is 0.137. The van der Waals surface area contributed by atoms with Gasteiger partial charge in [-0.05, 0) is 110 Å². The van der Waals surface area contributed by atoms with Gasteiger partial charge in [-0.3, -0.25) is 0 Å². The number of rotatable bonds is 10. The van der Waals surface area contributed by atoms with Gasteiger partial charge in [-0.15, -0.1) is 0 Å². The van der Waals surface area contributed by atoms with E-state index in [0.29, 0.717) is 0 Å². The standard InChI is InChI=1S/C61H43N3/c1-4-18-48(19-5-1)60-43-61(49-20-6-2-7-21-49)64(62-60)53-41-35-47(36-42-53)57-27-13-15-29-59(57)58-28-14-12-26-56(58)46-33-39-52(40-34-46)63(50-23-8-3-9-24-50)51-37-31-45(32-38-51)55-30-16-22-44-17-10-11-25-54(44)55/h1-43H. The molecule has 11 rings (SSSR count). The van der Waals surface area contributed by atoms with Gasteiger partial charge in [0.15, 0.2) is 0 Å². The van der Waals surface area contributed by atoms with Crippen LogP contribution in [0.4, 0.5) is 17.1 Å². The SMILES string of the molecule is c1ccc(-c2cc(-c3ccccc3)n(-c3ccc(-c4ccccc4-c4ccccc4-c4ccc(N(c5ccccc5)c5ccc(-c6cccc7ccccc67)cc5)cc4)cc3)n2)cc1. The molecule has 1 heterocycles. The van der Waals surface area contributed by atoms with Crippen molar-refractivity contribution in [3.63, 3.8) is 0 Å². The van der Waals surface area contributed by atoms with E-state index in [-0.39, 0.29) is 0 Å². The lowest BCUT2D eigenvalue weighted by molar-refractivity contribution is 0.892. The summed E-state index contributed by atoms with van der Waals surface area (Å²) in [5.74, 6) is 0. The highest BCUT2D eigenvalue weighted by molar-refractivity contribution is 5.97. The zero-order valence-corrected chi connectivity index (χ0v) is 35.2. The minimum Gasteiger partial charge on any atom is -0.311 e. The maximum atomic E-state index is 5.13. The van der Waals surface area contributed by atoms with Crippen LogP contribution in [-0.2, 0) is 0 Å². The fourth-order valence-electron chi connectivity index (χ4n) is 8.95. The van der Waals surface area contributed by atoms with Crippen LogP contribution in [0.25, 0.3) is 83.5 Å². The molecule has 11 aromatic rings. The van der Waals surface area contributed by atoms with E-state index in [4.69, 9.17) is 5.10 Å². The Morgan fingerprint density at radius 1 is 0.297 bits per heavy atom. The Kier molecular flexibility index (Phi) is 10.3. The third-order valence-electron chi connectivity index (χ3n) is 12.1. The molecule has 0 N–H and O–H groups in total. The van der Waals surface area contributed by atoms with Gasteiger partial charge in [0, 0.05) is 28.2 Å². The minimum absolute atomic E-state index is 0.942. The van der Waals surface area contributed by atoms with Crippen molar-refractivity contribution in [1.82, 2.24) is 9.78 Å². The molecule has 10 aromatic carbocycles. The maximum Gasteiger partial charge on any atom is 0.0934 e. The fourth-order valence-corrected chi connectivity index (χ4v) is 8.95. The third-order valence-corrected chi connectivity index (χ3v) is 12.1. The van der Waals surface area contributed by atoms with Crippen LogP contribution in [0.5, 0.6) is 0 Å². The van der Waals surface area contributed by atoms with Crippen molar-refractivity contribution < 1.29 is 0 Å². The van der Waals surface area contributed by atoms with Gasteiger partial charge in [0.05, 0.1) is 17.1 Å². The van der Waals surface area contributed by atoms with Crippen LogP contribution < -0.4 is 4.90 Å². The van der Waals surface area contributed by atoms with Gasteiger partial charge in [-0.1, -0.05) is 206 Å². The fraction of sp³-hybridized carbons (Fsp3) is 0. The van der Waals surface area contributed by atoms with Gasteiger partial charge in [-0.25, -0.2) is 4.68 Å². The normalized spacial score (nSPS) is 11.1. The van der Waals surface area contributed by atoms with Crippen LogP contribution in [0.2, 0.25) is 0 Å². The number of hydrogen-bond acceptors (Lipinski definition) is 2. The van der Waals surface area contributed by atoms with Crippen LogP contribution in [0.1, 0.15) is 0 Å². The Morgan fingerprint density at radius 2 is 0.719 bits per heavy atom. The molecule has 0 fully saturated rings. The number of anilines is 3. The van der Waals surface area contributed by atoms with E-state index in [0.717, 1.165) is 56.4 Å². The molecule has 1 aromatic heterocycles. The Labute approximate surface area is 374 Å². The van der Waals surface area contributed by atoms with E-state index in [2.05, 4.69) is 264 Å². The summed E-state index contributed by atoms with van der Waals surface area (Å²) in [5.41, 5.74) is 18.0. The highest BCUT2D eigenvalue weighted by Gasteiger charge is 2.17. The van der Waals surface area contributed by atoms with Crippen LogP contribution >= 0.6 is 0 Å². The van der Waals surface area contributed by atoms with Gasteiger partial charge in [-0.2, -0.15) is 5.10 Å². The predicted molar refractivity (Wildman–Crippen MR) is 268 cm³/mol. The lowest BCUT2D eigenvalue weighted by Crippen LogP contribution is -2.09. The number of aromatic nitrogens is 2. The summed E-state index contributed by atoms with van der Waals surface area (Å²) < 4.78 is 2.06. The second kappa shape index (κ2) is 17.1. The van der Waals surface area contributed by atoms with Crippen molar-refractivity contribution in [3.8, 4) is 72.7 Å². The molecule has 0 atom stereocenters. The Balaban J connectivity index is 0.916. The number of nitrogens with zero attached hydrogens (tertiary/aromatic N) is 3. The average Bonchev–Trinajstić information content (AvgIpc) is 3.84. The molecule has 0 spiro atoms. The highest BCUT2D eigenvalue weighted by Crippen LogP contribution is 2.41. The van der Waals surface area contributed by atoms with Crippen LogP contribution in [-0.4, -0.2) is 9.78 Å². The van der Waals surface area contributed by atoms with E-state index in [1.807, 2.05) is 6.07 Å². The monoisotopic (exact) mass is 817 g/mol. The second-order valence-corrected chi connectivity index (χ2v) is 16.0. The summed E-state index contributed by atoms with van der Waals surface area (Å²) >= 11 is 0. The van der Waals surface area contributed by atoms with Crippen molar-refractivity contribution in [2.24, 2.45) is 0 Å². The zero-order chi connectivity index (χ0) is 42.7. The predicted octanol–water partition coefficient (Wildman–Crippen LogP) is 16.5. The van der Waals surface area contributed by atoms with E-state index >= 15 is 0 Å². The van der Waals surface area contributed by atoms with Gasteiger partial charge in [0.1, 0.15) is 0 Å². The molecular weight excluding hydrogens is 775 g/mol. The molecular formula is C61H43N3. The topological polar surface area (TPSA) is 21.1 Å². The maximum absolute atomic E-state index is 5.13. The van der Waals surface area contributed by atoms with Gasteiger partial charge >= 0.3 is 0 Å². The van der Waals surface area contributed by atoms with Crippen molar-refractivity contribution in [3.05, 3.63) is 261 Å². The molecule has 0 saturated carbocycles. The van der Waals surface area contributed by atoms with Crippen molar-refractivity contribution in [2.45, 2.75) is 0 Å². The zero-order valence-electron chi connectivity index (χ0n) is 35.2. The second-order valence-electron chi connectivity index (χ2n) is 16.0. The van der Waals surface area contributed by atoms with Crippen molar-refractivity contribution in [2.75, 3.05) is 4.90 Å². The summed E-state index contributed by atoms with van der Waals surface area (Å²) in [7, 11) is 0. The van der Waals surface area contributed by atoms with Gasteiger partial charge in [0.25, 0.3) is 0 Å². The smallest absolute Gasteiger partial charge is 0.0934 e. The molecule has 0 bridgehead atoms. The molecule has 0 unspecified atom stereocenters. The first-order chi connectivity index (χ1) is 31.7. The molecule has 0 radical (unpaired) electrons. The summed E-state index contributed by atoms with van der Waals surface area (Å²) in [5, 5.41) is 7.63. The van der Waals surface area contributed by atoms with E-state index < -0.39 is 0 Å². The van der Waals surface area contributed by atoms with Gasteiger partial charge < -0.3 is 4.90 Å².